The average Bonchev–Trinajstić information content (AvgIpc) is 3.03. The van der Waals surface area contributed by atoms with Crippen LogP contribution in [0.2, 0.25) is 0 Å². The third kappa shape index (κ3) is 3.48. The first-order chi connectivity index (χ1) is 11.6. The Morgan fingerprint density at radius 3 is 2.58 bits per heavy atom. The van der Waals surface area contributed by atoms with Gasteiger partial charge in [-0.3, -0.25) is 9.69 Å². The molecule has 6 heteroatoms. The van der Waals surface area contributed by atoms with Crippen LogP contribution in [-0.2, 0) is 4.79 Å². The lowest BCUT2D eigenvalue weighted by Gasteiger charge is -2.21. The number of hydrogen-bond acceptors (Lipinski definition) is 4. The van der Waals surface area contributed by atoms with Gasteiger partial charge in [0.15, 0.2) is 5.75 Å². The van der Waals surface area contributed by atoms with Gasteiger partial charge in [-0.25, -0.2) is 4.79 Å². The molecule has 6 nitrogen and oxygen atoms in total. The maximum Gasteiger partial charge on any atom is 0.324 e. The van der Waals surface area contributed by atoms with E-state index in [9.17, 15) is 9.59 Å². The topological polar surface area (TPSA) is 70.7 Å². The summed E-state index contributed by atoms with van der Waals surface area (Å²) in [6.45, 7) is 2.62. The third-order valence-electron chi connectivity index (χ3n) is 3.72. The second-order valence-corrected chi connectivity index (χ2v) is 5.50. The molecular weight excluding hydrogens is 306 g/mol. The monoisotopic (exact) mass is 325 g/mol. The first-order valence-electron chi connectivity index (χ1n) is 7.83. The van der Waals surface area contributed by atoms with E-state index in [1.54, 1.807) is 6.92 Å². The summed E-state index contributed by atoms with van der Waals surface area (Å²) in [5, 5.41) is 5.76. The normalized spacial score (nSPS) is 14.9. The minimum atomic E-state index is -0.547. The quantitative estimate of drug-likeness (QED) is 0.887. The van der Waals surface area contributed by atoms with Crippen LogP contribution in [0.15, 0.2) is 54.6 Å². The van der Waals surface area contributed by atoms with Crippen molar-refractivity contribution in [2.24, 2.45) is 0 Å². The van der Waals surface area contributed by atoms with Crippen LogP contribution in [0.25, 0.3) is 0 Å². The van der Waals surface area contributed by atoms with Crippen molar-refractivity contribution < 1.29 is 14.3 Å². The van der Waals surface area contributed by atoms with Gasteiger partial charge >= 0.3 is 6.03 Å². The number of carbonyl (C=O) groups excluding carboxylic acids is 2. The number of anilines is 1. The molecule has 2 N–H and O–H groups in total. The number of urea groups is 1. The molecule has 1 atom stereocenters. The molecular formula is C18H19N3O3. The number of nitrogens with one attached hydrogen (secondary N) is 2. The van der Waals surface area contributed by atoms with Crippen molar-refractivity contribution in [3.8, 4) is 11.5 Å². The highest BCUT2D eigenvalue weighted by atomic mass is 16.5. The van der Waals surface area contributed by atoms with E-state index in [1.807, 2.05) is 54.6 Å². The summed E-state index contributed by atoms with van der Waals surface area (Å²) >= 11 is 0. The summed E-state index contributed by atoms with van der Waals surface area (Å²) in [6, 6.07) is 15.9. The van der Waals surface area contributed by atoms with Crippen LogP contribution >= 0.6 is 0 Å². The Bertz CT molecular complexity index is 733. The van der Waals surface area contributed by atoms with Crippen molar-refractivity contribution in [2.45, 2.75) is 13.0 Å². The fourth-order valence-electron chi connectivity index (χ4n) is 2.50. The van der Waals surface area contributed by atoms with Crippen molar-refractivity contribution in [1.82, 2.24) is 10.2 Å². The maximum absolute atomic E-state index is 12.4. The molecule has 0 aromatic heterocycles. The molecule has 0 spiro atoms. The smallest absolute Gasteiger partial charge is 0.324 e. The first-order valence-corrected chi connectivity index (χ1v) is 7.83. The molecule has 1 aliphatic rings. The Labute approximate surface area is 140 Å². The van der Waals surface area contributed by atoms with Gasteiger partial charge < -0.3 is 15.4 Å². The molecule has 0 saturated carbocycles. The largest absolute Gasteiger partial charge is 0.455 e. The van der Waals surface area contributed by atoms with Crippen LogP contribution in [0.4, 0.5) is 10.5 Å². The SMILES string of the molecule is C[C@@H](Nc1ccccc1Oc1ccccc1)C(=O)N1CCNC1=O. The van der Waals surface area contributed by atoms with Crippen LogP contribution in [0.5, 0.6) is 11.5 Å². The van der Waals surface area contributed by atoms with E-state index in [0.717, 1.165) is 0 Å². The number of hydrogen-bond donors (Lipinski definition) is 2. The maximum atomic E-state index is 12.4. The van der Waals surface area contributed by atoms with Gasteiger partial charge in [-0.1, -0.05) is 30.3 Å². The average molecular weight is 325 g/mol. The van der Waals surface area contributed by atoms with Gasteiger partial charge in [-0.15, -0.1) is 0 Å². The molecule has 2 aromatic carbocycles. The molecule has 1 heterocycles. The van der Waals surface area contributed by atoms with E-state index in [2.05, 4.69) is 10.6 Å². The predicted molar refractivity (Wildman–Crippen MR) is 91.2 cm³/mol. The Balaban J connectivity index is 1.73. The molecule has 1 saturated heterocycles. The lowest BCUT2D eigenvalue weighted by molar-refractivity contribution is -0.128. The summed E-state index contributed by atoms with van der Waals surface area (Å²) in [7, 11) is 0. The van der Waals surface area contributed by atoms with Gasteiger partial charge in [0.25, 0.3) is 5.91 Å². The fourth-order valence-corrected chi connectivity index (χ4v) is 2.50. The standard InChI is InChI=1S/C18H19N3O3/c1-13(17(22)21-12-11-19-18(21)23)20-15-9-5-6-10-16(15)24-14-7-3-2-4-8-14/h2-10,13,20H,11-12H2,1H3,(H,19,23)/t13-/m1/s1. The van der Waals surface area contributed by atoms with Crippen LogP contribution in [0.3, 0.4) is 0 Å². The minimum Gasteiger partial charge on any atom is -0.455 e. The highest BCUT2D eigenvalue weighted by molar-refractivity contribution is 5.99. The Hall–Kier alpha value is -3.02. The van der Waals surface area contributed by atoms with E-state index < -0.39 is 6.04 Å². The van der Waals surface area contributed by atoms with Crippen LogP contribution < -0.4 is 15.4 Å². The third-order valence-corrected chi connectivity index (χ3v) is 3.72. The van der Waals surface area contributed by atoms with E-state index in [1.165, 1.54) is 4.90 Å². The molecule has 2 aromatic rings. The van der Waals surface area contributed by atoms with Crippen molar-refractivity contribution >= 4 is 17.6 Å². The molecule has 24 heavy (non-hydrogen) atoms. The van der Waals surface area contributed by atoms with Crippen LogP contribution in [-0.4, -0.2) is 36.0 Å². The number of para-hydroxylation sites is 3. The predicted octanol–water partition coefficient (Wildman–Crippen LogP) is 2.83. The zero-order valence-electron chi connectivity index (χ0n) is 13.4. The lowest BCUT2D eigenvalue weighted by Crippen LogP contribution is -2.43. The molecule has 3 amide bonds. The van der Waals surface area contributed by atoms with Gasteiger partial charge in [0, 0.05) is 13.1 Å². The minimum absolute atomic E-state index is 0.264. The number of benzene rings is 2. The van der Waals surface area contributed by atoms with E-state index >= 15 is 0 Å². The second-order valence-electron chi connectivity index (χ2n) is 5.50. The summed E-state index contributed by atoms with van der Waals surface area (Å²) in [5.74, 6) is 1.07. The molecule has 0 aliphatic carbocycles. The van der Waals surface area contributed by atoms with E-state index in [4.69, 9.17) is 4.74 Å². The van der Waals surface area contributed by atoms with Crippen LogP contribution in [0, 0.1) is 0 Å². The summed E-state index contributed by atoms with van der Waals surface area (Å²) in [5.41, 5.74) is 0.696. The van der Waals surface area contributed by atoms with Gasteiger partial charge in [0.05, 0.1) is 5.69 Å². The molecule has 124 valence electrons. The van der Waals surface area contributed by atoms with E-state index in [0.29, 0.717) is 30.3 Å². The van der Waals surface area contributed by atoms with Gasteiger partial charge in [-0.05, 0) is 31.2 Å². The first kappa shape index (κ1) is 15.9. The lowest BCUT2D eigenvalue weighted by atomic mass is 10.2. The molecule has 1 fully saturated rings. The van der Waals surface area contributed by atoms with Crippen molar-refractivity contribution in [3.63, 3.8) is 0 Å². The zero-order chi connectivity index (χ0) is 16.9. The Morgan fingerprint density at radius 2 is 1.88 bits per heavy atom. The van der Waals surface area contributed by atoms with Gasteiger partial charge in [0.2, 0.25) is 0 Å². The molecule has 0 radical (unpaired) electrons. The summed E-state index contributed by atoms with van der Waals surface area (Å²) in [6.07, 6.45) is 0. The number of carbonyl (C=O) groups is 2. The highest BCUT2D eigenvalue weighted by Crippen LogP contribution is 2.29. The van der Waals surface area contributed by atoms with E-state index in [-0.39, 0.29) is 11.9 Å². The van der Waals surface area contributed by atoms with Crippen molar-refractivity contribution in [1.29, 1.82) is 0 Å². The highest BCUT2D eigenvalue weighted by Gasteiger charge is 2.29. The Kier molecular flexibility index (Phi) is 4.65. The molecule has 1 aliphatic heterocycles. The van der Waals surface area contributed by atoms with Crippen molar-refractivity contribution in [2.75, 3.05) is 18.4 Å². The molecule has 3 rings (SSSR count). The number of nitrogens with zero attached hydrogens (tertiary/aromatic N) is 1. The number of rotatable bonds is 5. The van der Waals surface area contributed by atoms with Crippen molar-refractivity contribution in [3.05, 3.63) is 54.6 Å². The Morgan fingerprint density at radius 1 is 1.17 bits per heavy atom. The van der Waals surface area contributed by atoms with Gasteiger partial charge in [-0.2, -0.15) is 0 Å². The summed E-state index contributed by atoms with van der Waals surface area (Å²) < 4.78 is 5.87. The fraction of sp³-hybridized carbons (Fsp3) is 0.222. The van der Waals surface area contributed by atoms with Crippen LogP contribution in [0.1, 0.15) is 6.92 Å². The second kappa shape index (κ2) is 7.04. The zero-order valence-corrected chi connectivity index (χ0v) is 13.4. The molecule has 0 unspecified atom stereocenters. The number of amides is 3. The van der Waals surface area contributed by atoms with Gasteiger partial charge in [0.1, 0.15) is 11.8 Å². The number of ether oxygens (including phenoxy) is 1. The summed E-state index contributed by atoms with van der Waals surface area (Å²) in [4.78, 5) is 25.2. The number of imide groups is 1. The molecule has 0 bridgehead atoms.